The van der Waals surface area contributed by atoms with Gasteiger partial charge in [-0.25, -0.2) is 0 Å². The van der Waals surface area contributed by atoms with Crippen LogP contribution < -0.4 is 15.4 Å². The van der Waals surface area contributed by atoms with Crippen molar-refractivity contribution in [3.05, 3.63) is 59.7 Å². The second kappa shape index (κ2) is 7.64. The van der Waals surface area contributed by atoms with Crippen molar-refractivity contribution in [3.63, 3.8) is 0 Å². The summed E-state index contributed by atoms with van der Waals surface area (Å²) >= 11 is 5.31. The highest BCUT2D eigenvalue weighted by molar-refractivity contribution is 7.80. The van der Waals surface area contributed by atoms with Crippen LogP contribution in [0.3, 0.4) is 0 Å². The minimum Gasteiger partial charge on any atom is -0.494 e. The van der Waals surface area contributed by atoms with Crippen molar-refractivity contribution in [2.75, 3.05) is 11.9 Å². The van der Waals surface area contributed by atoms with Crippen molar-refractivity contribution in [1.82, 2.24) is 5.32 Å². The smallest absolute Gasteiger partial charge is 0.171 e. The number of thiocarbonyl (C=S) groups is 1. The van der Waals surface area contributed by atoms with Gasteiger partial charge in [-0.2, -0.15) is 0 Å². The molecule has 0 saturated heterocycles. The van der Waals surface area contributed by atoms with Crippen molar-refractivity contribution in [3.8, 4) is 5.75 Å². The van der Waals surface area contributed by atoms with Crippen LogP contribution in [0, 0.1) is 6.92 Å². The average Bonchev–Trinajstić information content (AvgIpc) is 2.46. The second-order valence-corrected chi connectivity index (χ2v) is 5.17. The van der Waals surface area contributed by atoms with E-state index in [0.717, 1.165) is 11.4 Å². The molecule has 2 N–H and O–H groups in total. The summed E-state index contributed by atoms with van der Waals surface area (Å²) in [6.45, 7) is 5.41. The van der Waals surface area contributed by atoms with Gasteiger partial charge in [0.1, 0.15) is 5.75 Å². The Kier molecular flexibility index (Phi) is 5.58. The first-order valence-electron chi connectivity index (χ1n) is 7.00. The van der Waals surface area contributed by atoms with Crippen LogP contribution in [-0.2, 0) is 6.54 Å². The van der Waals surface area contributed by atoms with E-state index in [4.69, 9.17) is 17.0 Å². The molecule has 2 aromatic carbocycles. The first-order valence-corrected chi connectivity index (χ1v) is 7.41. The van der Waals surface area contributed by atoms with Crippen LogP contribution in [0.4, 0.5) is 5.69 Å². The highest BCUT2D eigenvalue weighted by Crippen LogP contribution is 2.17. The Morgan fingerprint density at radius 1 is 1.14 bits per heavy atom. The van der Waals surface area contributed by atoms with Crippen LogP contribution in [-0.4, -0.2) is 11.7 Å². The Hall–Kier alpha value is -2.07. The molecule has 0 heterocycles. The Morgan fingerprint density at radius 2 is 1.95 bits per heavy atom. The standard InChI is InChI=1S/C17H20N2OS/c1-3-20-16-9-5-8-15(11-16)19-17(21)18-12-14-7-4-6-13(2)10-14/h4-11H,3,12H2,1-2H3,(H2,18,19,21). The molecule has 0 radical (unpaired) electrons. The van der Waals surface area contributed by atoms with E-state index in [9.17, 15) is 0 Å². The van der Waals surface area contributed by atoms with Crippen LogP contribution >= 0.6 is 12.2 Å². The lowest BCUT2D eigenvalue weighted by Gasteiger charge is -2.12. The molecule has 0 aliphatic heterocycles. The molecule has 0 aliphatic carbocycles. The van der Waals surface area contributed by atoms with Gasteiger partial charge in [0.25, 0.3) is 0 Å². The maximum absolute atomic E-state index is 5.47. The number of rotatable bonds is 5. The van der Waals surface area contributed by atoms with E-state index in [0.29, 0.717) is 18.3 Å². The fourth-order valence-corrected chi connectivity index (χ4v) is 2.20. The molecule has 0 aliphatic rings. The monoisotopic (exact) mass is 300 g/mol. The lowest BCUT2D eigenvalue weighted by molar-refractivity contribution is 0.340. The number of hydrogen-bond acceptors (Lipinski definition) is 2. The average molecular weight is 300 g/mol. The van der Waals surface area contributed by atoms with Gasteiger partial charge >= 0.3 is 0 Å². The van der Waals surface area contributed by atoms with Gasteiger partial charge < -0.3 is 15.4 Å². The molecular formula is C17H20N2OS. The minimum atomic E-state index is 0.602. The minimum absolute atomic E-state index is 0.602. The quantitative estimate of drug-likeness (QED) is 0.821. The van der Waals surface area contributed by atoms with Crippen LogP contribution in [0.1, 0.15) is 18.1 Å². The van der Waals surface area contributed by atoms with Gasteiger partial charge in [-0.15, -0.1) is 0 Å². The molecule has 0 atom stereocenters. The summed E-state index contributed by atoms with van der Waals surface area (Å²) in [5.41, 5.74) is 3.38. The third-order valence-electron chi connectivity index (χ3n) is 2.94. The predicted octanol–water partition coefficient (Wildman–Crippen LogP) is 3.88. The molecular weight excluding hydrogens is 280 g/mol. The summed E-state index contributed by atoms with van der Waals surface area (Å²) in [5, 5.41) is 6.97. The summed E-state index contributed by atoms with van der Waals surface area (Å²) < 4.78 is 5.47. The van der Waals surface area contributed by atoms with Gasteiger partial charge in [-0.05, 0) is 43.8 Å². The molecule has 3 nitrogen and oxygen atoms in total. The third kappa shape index (κ3) is 5.08. The number of ether oxygens (including phenoxy) is 1. The van der Waals surface area contributed by atoms with E-state index in [-0.39, 0.29) is 0 Å². The molecule has 0 spiro atoms. The maximum Gasteiger partial charge on any atom is 0.171 e. The molecule has 0 aromatic heterocycles. The van der Waals surface area contributed by atoms with Gasteiger partial charge in [0.15, 0.2) is 5.11 Å². The van der Waals surface area contributed by atoms with Crippen LogP contribution in [0.5, 0.6) is 5.75 Å². The zero-order chi connectivity index (χ0) is 15.1. The molecule has 0 fully saturated rings. The Bertz CT molecular complexity index is 613. The van der Waals surface area contributed by atoms with E-state index in [1.807, 2.05) is 37.3 Å². The van der Waals surface area contributed by atoms with E-state index in [1.54, 1.807) is 0 Å². The highest BCUT2D eigenvalue weighted by atomic mass is 32.1. The summed E-state index contributed by atoms with van der Waals surface area (Å²) in [7, 11) is 0. The predicted molar refractivity (Wildman–Crippen MR) is 91.9 cm³/mol. The van der Waals surface area contributed by atoms with Gasteiger partial charge in [0, 0.05) is 18.3 Å². The van der Waals surface area contributed by atoms with Crippen molar-refractivity contribution < 1.29 is 4.74 Å². The first kappa shape index (κ1) is 15.3. The second-order valence-electron chi connectivity index (χ2n) is 4.76. The van der Waals surface area contributed by atoms with Gasteiger partial charge in [-0.1, -0.05) is 35.9 Å². The normalized spacial score (nSPS) is 10.0. The largest absolute Gasteiger partial charge is 0.494 e. The van der Waals surface area contributed by atoms with Crippen molar-refractivity contribution >= 4 is 23.0 Å². The van der Waals surface area contributed by atoms with E-state index in [2.05, 4.69) is 35.8 Å². The molecule has 0 amide bonds. The van der Waals surface area contributed by atoms with E-state index < -0.39 is 0 Å². The molecule has 0 unspecified atom stereocenters. The van der Waals surface area contributed by atoms with Crippen LogP contribution in [0.25, 0.3) is 0 Å². The highest BCUT2D eigenvalue weighted by Gasteiger charge is 2.00. The lowest BCUT2D eigenvalue weighted by atomic mass is 10.1. The van der Waals surface area contributed by atoms with Crippen LogP contribution in [0.15, 0.2) is 48.5 Å². The molecule has 2 aromatic rings. The molecule has 2 rings (SSSR count). The van der Waals surface area contributed by atoms with Crippen LogP contribution in [0.2, 0.25) is 0 Å². The summed E-state index contributed by atoms with van der Waals surface area (Å²) in [6.07, 6.45) is 0. The van der Waals surface area contributed by atoms with Gasteiger partial charge in [0.2, 0.25) is 0 Å². The number of hydrogen-bond donors (Lipinski definition) is 2. The fourth-order valence-electron chi connectivity index (χ4n) is 2.01. The summed E-state index contributed by atoms with van der Waals surface area (Å²) in [4.78, 5) is 0. The molecule has 21 heavy (non-hydrogen) atoms. The number of benzene rings is 2. The zero-order valence-electron chi connectivity index (χ0n) is 12.3. The molecule has 4 heteroatoms. The van der Waals surface area contributed by atoms with E-state index >= 15 is 0 Å². The maximum atomic E-state index is 5.47. The first-order chi connectivity index (χ1) is 10.2. The third-order valence-corrected chi connectivity index (χ3v) is 3.18. The van der Waals surface area contributed by atoms with Crippen molar-refractivity contribution in [2.45, 2.75) is 20.4 Å². The Labute approximate surface area is 131 Å². The van der Waals surface area contributed by atoms with Crippen molar-refractivity contribution in [2.24, 2.45) is 0 Å². The number of anilines is 1. The van der Waals surface area contributed by atoms with Crippen molar-refractivity contribution in [1.29, 1.82) is 0 Å². The molecule has 0 bridgehead atoms. The SMILES string of the molecule is CCOc1cccc(NC(=S)NCc2cccc(C)c2)c1. The van der Waals surface area contributed by atoms with Gasteiger partial charge in [0.05, 0.1) is 6.61 Å². The summed E-state index contributed by atoms with van der Waals surface area (Å²) in [6, 6.07) is 16.1. The number of nitrogens with one attached hydrogen (secondary N) is 2. The summed E-state index contributed by atoms with van der Waals surface area (Å²) in [5.74, 6) is 0.837. The zero-order valence-corrected chi connectivity index (χ0v) is 13.2. The Morgan fingerprint density at radius 3 is 2.71 bits per heavy atom. The molecule has 0 saturated carbocycles. The van der Waals surface area contributed by atoms with E-state index in [1.165, 1.54) is 11.1 Å². The fraction of sp³-hybridized carbons (Fsp3) is 0.235. The van der Waals surface area contributed by atoms with Gasteiger partial charge in [-0.3, -0.25) is 0 Å². The Balaban J connectivity index is 1.88. The topological polar surface area (TPSA) is 33.3 Å². The molecule has 110 valence electrons. The number of aryl methyl sites for hydroxylation is 1. The lowest BCUT2D eigenvalue weighted by Crippen LogP contribution is -2.27.